The molecule has 1 aliphatic carbocycles. The molecule has 178 valence electrons. The van der Waals surface area contributed by atoms with Gasteiger partial charge in [-0.25, -0.2) is 0 Å². The minimum Gasteiger partial charge on any atom is -0.376 e. The van der Waals surface area contributed by atoms with Crippen LogP contribution in [0.2, 0.25) is 0 Å². The van der Waals surface area contributed by atoms with E-state index in [0.717, 1.165) is 11.3 Å². The Balaban J connectivity index is 0.00000274. The van der Waals surface area contributed by atoms with Gasteiger partial charge in [-0.3, -0.25) is 19.1 Å². The van der Waals surface area contributed by atoms with Gasteiger partial charge in [0.05, 0.1) is 19.3 Å². The van der Waals surface area contributed by atoms with Gasteiger partial charge >= 0.3 is 6.18 Å². The number of halogens is 3. The molecule has 0 radical (unpaired) electrons. The number of nitrogens with one attached hydrogen (secondary N) is 1. The molecule has 2 aromatic heterocycles. The van der Waals surface area contributed by atoms with Crippen LogP contribution in [0.1, 0.15) is 30.2 Å². The Morgan fingerprint density at radius 2 is 2.21 bits per heavy atom. The molecule has 5 rings (SSSR count). The number of hydrogen-bond donors (Lipinski definition) is 1. The molecular weight excluding hydrogens is 439 g/mol. The number of nitrogens with zero attached hydrogens (tertiary/aromatic N) is 4. The van der Waals surface area contributed by atoms with Crippen molar-refractivity contribution < 1.29 is 24.1 Å². The summed E-state index contributed by atoms with van der Waals surface area (Å²) in [7, 11) is 0. The molecule has 2 unspecified atom stereocenters. The third-order valence-electron chi connectivity index (χ3n) is 6.74. The number of alkyl halides is 3. The van der Waals surface area contributed by atoms with Gasteiger partial charge in [0.1, 0.15) is 11.9 Å². The van der Waals surface area contributed by atoms with E-state index in [4.69, 9.17) is 4.74 Å². The maximum Gasteiger partial charge on any atom is 0.408 e. The van der Waals surface area contributed by atoms with E-state index in [1.165, 1.54) is 23.0 Å². The third-order valence-corrected chi connectivity index (χ3v) is 6.74. The van der Waals surface area contributed by atoms with E-state index in [2.05, 4.69) is 15.3 Å². The number of ketones is 1. The lowest BCUT2D eigenvalue weighted by molar-refractivity contribution is -0.152. The first-order chi connectivity index (χ1) is 15.7. The van der Waals surface area contributed by atoms with Crippen LogP contribution in [0.25, 0.3) is 0 Å². The standard InChI is InChI=1S/C22H24F3N5O3.H2/c1-12-2-4-26-8-15(12)16(31)10-30-18(22(23,24)25)3-5-29-20(32)7-19(28-21(29)30)27-9-17-14-6-13(14)11-33-17;/h2,4,7-8,13-14,17-18,27H,3,5-6,9-11H2,1H3;1H/t13?,14?,17-,18+;/m1./s1. The zero-order valence-corrected chi connectivity index (χ0v) is 18.0. The molecule has 0 bridgehead atoms. The van der Waals surface area contributed by atoms with E-state index in [9.17, 15) is 22.8 Å². The maximum atomic E-state index is 13.9. The van der Waals surface area contributed by atoms with Crippen LogP contribution in [-0.4, -0.2) is 58.3 Å². The molecule has 3 aliphatic rings. The number of aromatic nitrogens is 3. The second kappa shape index (κ2) is 8.12. The molecule has 1 N–H and O–H groups in total. The van der Waals surface area contributed by atoms with Gasteiger partial charge < -0.3 is 15.0 Å². The second-order valence-electron chi connectivity index (χ2n) is 8.93. The van der Waals surface area contributed by atoms with Crippen molar-refractivity contribution in [3.63, 3.8) is 0 Å². The molecule has 1 saturated carbocycles. The molecule has 4 heterocycles. The number of hydrogen-bond acceptors (Lipinski definition) is 7. The van der Waals surface area contributed by atoms with Crippen LogP contribution in [0.4, 0.5) is 24.9 Å². The molecule has 1 saturated heterocycles. The van der Waals surface area contributed by atoms with Crippen molar-refractivity contribution in [3.8, 4) is 0 Å². The fourth-order valence-electron chi connectivity index (χ4n) is 4.78. The fourth-order valence-corrected chi connectivity index (χ4v) is 4.78. The summed E-state index contributed by atoms with van der Waals surface area (Å²) in [5, 5.41) is 3.05. The number of pyridine rings is 1. The van der Waals surface area contributed by atoms with Gasteiger partial charge in [-0.05, 0) is 43.2 Å². The van der Waals surface area contributed by atoms with Crippen LogP contribution < -0.4 is 15.8 Å². The van der Waals surface area contributed by atoms with Crippen LogP contribution in [0, 0.1) is 18.8 Å². The first-order valence-electron chi connectivity index (χ1n) is 11.0. The van der Waals surface area contributed by atoms with E-state index >= 15 is 0 Å². The Bertz CT molecular complexity index is 1140. The van der Waals surface area contributed by atoms with Crippen molar-refractivity contribution in [2.75, 3.05) is 29.9 Å². The lowest BCUT2D eigenvalue weighted by Crippen LogP contribution is -2.54. The topological polar surface area (TPSA) is 89.4 Å². The lowest BCUT2D eigenvalue weighted by Gasteiger charge is -2.38. The van der Waals surface area contributed by atoms with Crippen LogP contribution in [-0.2, 0) is 11.3 Å². The Hall–Kier alpha value is -2.95. The van der Waals surface area contributed by atoms with Crippen LogP contribution in [0.3, 0.4) is 0 Å². The Labute approximate surface area is 189 Å². The first kappa shape index (κ1) is 21.9. The summed E-state index contributed by atoms with van der Waals surface area (Å²) in [5.41, 5.74) is 0.394. The van der Waals surface area contributed by atoms with E-state index < -0.39 is 30.1 Å². The summed E-state index contributed by atoms with van der Waals surface area (Å²) in [4.78, 5) is 34.8. The molecule has 2 fully saturated rings. The molecule has 2 aliphatic heterocycles. The van der Waals surface area contributed by atoms with Crippen LogP contribution in [0.15, 0.2) is 29.3 Å². The van der Waals surface area contributed by atoms with Gasteiger partial charge in [0, 0.05) is 38.5 Å². The minimum atomic E-state index is -4.59. The van der Waals surface area contributed by atoms with Crippen molar-refractivity contribution in [2.24, 2.45) is 11.8 Å². The highest BCUT2D eigenvalue weighted by molar-refractivity contribution is 6.00. The maximum absolute atomic E-state index is 13.9. The Morgan fingerprint density at radius 1 is 1.39 bits per heavy atom. The molecular formula is C22H26F3N5O3. The number of carbonyl (C=O) groups is 1. The number of ether oxygens (including phenoxy) is 1. The zero-order valence-electron chi connectivity index (χ0n) is 18.0. The molecule has 8 nitrogen and oxygen atoms in total. The zero-order chi connectivity index (χ0) is 23.3. The third kappa shape index (κ3) is 4.21. The molecule has 0 amide bonds. The number of fused-ring (bicyclic) bond motifs is 2. The number of anilines is 2. The minimum absolute atomic E-state index is 0. The SMILES string of the molecule is Cc1ccncc1C(=O)CN1c2nc(NC[C@H]3OCC4CC43)cc(=O)n2CC[C@H]1C(F)(F)F.[HH]. The molecule has 0 spiro atoms. The Morgan fingerprint density at radius 3 is 2.88 bits per heavy atom. The van der Waals surface area contributed by atoms with Crippen molar-refractivity contribution >= 4 is 17.5 Å². The summed E-state index contributed by atoms with van der Waals surface area (Å²) in [6, 6.07) is 0.979. The van der Waals surface area contributed by atoms with E-state index in [1.54, 1.807) is 13.0 Å². The summed E-state index contributed by atoms with van der Waals surface area (Å²) >= 11 is 0. The average molecular weight is 465 g/mol. The molecule has 33 heavy (non-hydrogen) atoms. The largest absolute Gasteiger partial charge is 0.408 e. The van der Waals surface area contributed by atoms with E-state index in [-0.39, 0.29) is 37.8 Å². The van der Waals surface area contributed by atoms with E-state index in [1.807, 2.05) is 0 Å². The highest BCUT2D eigenvalue weighted by Gasteiger charge is 2.49. The number of aryl methyl sites for hydroxylation is 1. The summed E-state index contributed by atoms with van der Waals surface area (Å²) in [6.07, 6.45) is -0.959. The first-order valence-corrected chi connectivity index (χ1v) is 11.0. The quantitative estimate of drug-likeness (QED) is 0.656. The normalized spacial score (nSPS) is 26.0. The predicted octanol–water partition coefficient (Wildman–Crippen LogP) is 2.66. The van der Waals surface area contributed by atoms with Crippen molar-refractivity contribution in [1.82, 2.24) is 14.5 Å². The second-order valence-corrected chi connectivity index (χ2v) is 8.93. The van der Waals surface area contributed by atoms with Gasteiger partial charge in [-0.2, -0.15) is 18.2 Å². The van der Waals surface area contributed by atoms with Gasteiger partial charge in [-0.15, -0.1) is 0 Å². The number of Topliss-reactive ketones (excluding diaryl/α,β-unsaturated/α-hetero) is 1. The molecule has 2 aromatic rings. The summed E-state index contributed by atoms with van der Waals surface area (Å²) in [5.74, 6) is 0.573. The van der Waals surface area contributed by atoms with E-state index in [0.29, 0.717) is 30.6 Å². The van der Waals surface area contributed by atoms with Crippen molar-refractivity contribution in [3.05, 3.63) is 46.0 Å². The number of carbonyl (C=O) groups excluding carboxylic acids is 1. The molecule has 4 atom stereocenters. The monoisotopic (exact) mass is 465 g/mol. The van der Waals surface area contributed by atoms with Crippen molar-refractivity contribution in [2.45, 2.75) is 44.6 Å². The molecule has 11 heteroatoms. The highest BCUT2D eigenvalue weighted by Crippen LogP contribution is 2.48. The summed E-state index contributed by atoms with van der Waals surface area (Å²) in [6.45, 7) is 2.14. The lowest BCUT2D eigenvalue weighted by atomic mass is 10.0. The average Bonchev–Trinajstić information content (AvgIpc) is 3.43. The van der Waals surface area contributed by atoms with Gasteiger partial charge in [0.25, 0.3) is 5.56 Å². The summed E-state index contributed by atoms with van der Waals surface area (Å²) < 4.78 is 48.6. The Kier molecular flexibility index (Phi) is 5.38. The fraction of sp³-hybridized carbons (Fsp3) is 0.545. The number of rotatable bonds is 6. The van der Waals surface area contributed by atoms with Gasteiger partial charge in [0.2, 0.25) is 5.95 Å². The van der Waals surface area contributed by atoms with Gasteiger partial charge in [0.15, 0.2) is 5.78 Å². The van der Waals surface area contributed by atoms with Crippen molar-refractivity contribution in [1.29, 1.82) is 0 Å². The van der Waals surface area contributed by atoms with Crippen LogP contribution >= 0.6 is 0 Å². The predicted molar refractivity (Wildman–Crippen MR) is 116 cm³/mol. The van der Waals surface area contributed by atoms with Gasteiger partial charge in [-0.1, -0.05) is 0 Å². The van der Waals surface area contributed by atoms with Crippen LogP contribution in [0.5, 0.6) is 0 Å². The smallest absolute Gasteiger partial charge is 0.376 e. The molecule has 0 aromatic carbocycles. The highest BCUT2D eigenvalue weighted by atomic mass is 19.4.